The number of amides is 3. The van der Waals surface area contributed by atoms with Gasteiger partial charge in [0.2, 0.25) is 5.54 Å². The summed E-state index contributed by atoms with van der Waals surface area (Å²) in [6.45, 7) is 1.85. The Hall–Kier alpha value is -1.77. The van der Waals surface area contributed by atoms with Gasteiger partial charge in [-0.15, -0.1) is 0 Å². The molecule has 1 aromatic heterocycles. The molecule has 2 rings (SSSR count). The van der Waals surface area contributed by atoms with E-state index in [2.05, 4.69) is 5.10 Å². The molecule has 1 N–H and O–H groups in total. The normalized spacial score (nSPS) is 22.9. The summed E-state index contributed by atoms with van der Waals surface area (Å²) in [7, 11) is 1.55. The van der Waals surface area contributed by atoms with E-state index in [9.17, 15) is 22.8 Å². The summed E-state index contributed by atoms with van der Waals surface area (Å²) in [5.74, 6) is -1.36. The van der Waals surface area contributed by atoms with Gasteiger partial charge in [-0.3, -0.25) is 14.4 Å². The number of halogens is 4. The van der Waals surface area contributed by atoms with Gasteiger partial charge in [-0.1, -0.05) is 11.6 Å². The zero-order valence-electron chi connectivity index (χ0n) is 11.4. The van der Waals surface area contributed by atoms with Gasteiger partial charge >= 0.3 is 12.2 Å². The second kappa shape index (κ2) is 4.62. The van der Waals surface area contributed by atoms with Crippen LogP contribution in [-0.4, -0.2) is 38.3 Å². The van der Waals surface area contributed by atoms with Gasteiger partial charge < -0.3 is 5.32 Å². The molecule has 10 heteroatoms. The maximum atomic E-state index is 12.9. The van der Waals surface area contributed by atoms with Crippen LogP contribution in [0.3, 0.4) is 0 Å². The minimum Gasteiger partial charge on any atom is -0.316 e. The van der Waals surface area contributed by atoms with Crippen LogP contribution in [0, 0.1) is 6.92 Å². The Kier molecular flexibility index (Phi) is 3.43. The molecule has 1 unspecified atom stereocenters. The van der Waals surface area contributed by atoms with Crippen LogP contribution < -0.4 is 5.32 Å². The number of aryl methyl sites for hydroxylation is 2. The highest BCUT2D eigenvalue weighted by Gasteiger charge is 2.64. The molecule has 0 spiro atoms. The number of nitrogens with zero attached hydrogens (tertiary/aromatic N) is 3. The highest BCUT2D eigenvalue weighted by atomic mass is 35.5. The van der Waals surface area contributed by atoms with E-state index in [0.717, 1.165) is 0 Å². The van der Waals surface area contributed by atoms with E-state index < -0.39 is 23.7 Å². The minimum atomic E-state index is -4.89. The molecule has 116 valence electrons. The highest BCUT2D eigenvalue weighted by Crippen LogP contribution is 2.36. The maximum Gasteiger partial charge on any atom is 0.420 e. The first-order valence-corrected chi connectivity index (χ1v) is 6.25. The van der Waals surface area contributed by atoms with E-state index in [1.54, 1.807) is 19.3 Å². The first-order valence-electron chi connectivity index (χ1n) is 5.88. The summed E-state index contributed by atoms with van der Waals surface area (Å²) in [6, 6.07) is -1.11. The standard InChI is InChI=1S/C11H12ClF3N4O2/c1-5-6(7(12)18(3)17-5)4-19-8(20)10(2,11(13,14)15)16-9(19)21/h4H2,1-3H3,(H,16,21). The fraction of sp³-hybridized carbons (Fsp3) is 0.545. The molecular weight excluding hydrogens is 313 g/mol. The third-order valence-corrected chi connectivity index (χ3v) is 3.90. The maximum absolute atomic E-state index is 12.9. The number of hydrogen-bond acceptors (Lipinski definition) is 3. The number of rotatable bonds is 2. The Bertz CT molecular complexity index is 628. The van der Waals surface area contributed by atoms with Gasteiger partial charge in [-0.2, -0.15) is 18.3 Å². The van der Waals surface area contributed by atoms with E-state index >= 15 is 0 Å². The van der Waals surface area contributed by atoms with Crippen molar-refractivity contribution in [3.8, 4) is 0 Å². The smallest absolute Gasteiger partial charge is 0.316 e. The quantitative estimate of drug-likeness (QED) is 0.843. The monoisotopic (exact) mass is 324 g/mol. The Morgan fingerprint density at radius 2 is 1.95 bits per heavy atom. The molecule has 1 aliphatic rings. The molecule has 0 radical (unpaired) electrons. The highest BCUT2D eigenvalue weighted by molar-refractivity contribution is 6.30. The van der Waals surface area contributed by atoms with Crippen molar-refractivity contribution < 1.29 is 22.8 Å². The Labute approximate surface area is 122 Å². The van der Waals surface area contributed by atoms with Gasteiger partial charge in [-0.05, 0) is 13.8 Å². The zero-order valence-corrected chi connectivity index (χ0v) is 12.1. The molecule has 3 amide bonds. The fourth-order valence-electron chi connectivity index (χ4n) is 2.04. The van der Waals surface area contributed by atoms with Crippen LogP contribution in [0.4, 0.5) is 18.0 Å². The minimum absolute atomic E-state index is 0.161. The summed E-state index contributed by atoms with van der Waals surface area (Å²) in [4.78, 5) is 24.2. The molecular formula is C11H12ClF3N4O2. The van der Waals surface area contributed by atoms with E-state index in [1.165, 1.54) is 4.68 Å². The number of imide groups is 1. The largest absolute Gasteiger partial charge is 0.420 e. The molecule has 1 saturated heterocycles. The summed E-state index contributed by atoms with van der Waals surface area (Å²) in [6.07, 6.45) is -4.89. The van der Waals surface area contributed by atoms with Crippen molar-refractivity contribution in [1.29, 1.82) is 0 Å². The number of alkyl halides is 3. The zero-order chi connectivity index (χ0) is 16.2. The lowest BCUT2D eigenvalue weighted by Gasteiger charge is -2.24. The summed E-state index contributed by atoms with van der Waals surface area (Å²) in [5.41, 5.74) is -2.16. The molecule has 0 saturated carbocycles. The number of carbonyl (C=O) groups excluding carboxylic acids is 2. The molecule has 1 fully saturated rings. The SMILES string of the molecule is Cc1nn(C)c(Cl)c1CN1C(=O)NC(C)(C(F)(F)F)C1=O. The number of nitrogens with one attached hydrogen (secondary N) is 1. The van der Waals surface area contributed by atoms with Crippen molar-refractivity contribution >= 4 is 23.5 Å². The third kappa shape index (κ3) is 2.25. The van der Waals surface area contributed by atoms with Crippen LogP contribution in [0.2, 0.25) is 5.15 Å². The number of urea groups is 1. The summed E-state index contributed by atoms with van der Waals surface area (Å²) in [5, 5.41) is 5.82. The molecule has 0 aliphatic carbocycles. The topological polar surface area (TPSA) is 67.2 Å². The van der Waals surface area contributed by atoms with E-state index in [1.807, 2.05) is 0 Å². The van der Waals surface area contributed by atoms with E-state index in [-0.39, 0.29) is 11.7 Å². The van der Waals surface area contributed by atoms with Crippen LogP contribution in [0.5, 0.6) is 0 Å². The van der Waals surface area contributed by atoms with Crippen LogP contribution in [0.25, 0.3) is 0 Å². The van der Waals surface area contributed by atoms with Gasteiger partial charge in [0, 0.05) is 12.6 Å². The molecule has 1 aliphatic heterocycles. The molecule has 2 heterocycles. The van der Waals surface area contributed by atoms with Crippen molar-refractivity contribution in [2.24, 2.45) is 7.05 Å². The van der Waals surface area contributed by atoms with Gasteiger partial charge in [0.1, 0.15) is 5.15 Å². The van der Waals surface area contributed by atoms with Crippen molar-refractivity contribution in [1.82, 2.24) is 20.0 Å². The molecule has 1 aromatic rings. The lowest BCUT2D eigenvalue weighted by Crippen LogP contribution is -2.56. The average molecular weight is 325 g/mol. The van der Waals surface area contributed by atoms with Crippen molar-refractivity contribution in [3.05, 3.63) is 16.4 Å². The lowest BCUT2D eigenvalue weighted by molar-refractivity contribution is -0.191. The fourth-order valence-corrected chi connectivity index (χ4v) is 2.28. The van der Waals surface area contributed by atoms with Crippen molar-refractivity contribution in [3.63, 3.8) is 0 Å². The second-order valence-corrected chi connectivity index (χ2v) is 5.28. The molecule has 1 atom stereocenters. The van der Waals surface area contributed by atoms with E-state index in [4.69, 9.17) is 11.6 Å². The average Bonchev–Trinajstić information content (AvgIpc) is 2.71. The van der Waals surface area contributed by atoms with Crippen LogP contribution >= 0.6 is 11.6 Å². The van der Waals surface area contributed by atoms with Gasteiger partial charge in [-0.25, -0.2) is 4.79 Å². The van der Waals surface area contributed by atoms with E-state index in [0.29, 0.717) is 23.1 Å². The van der Waals surface area contributed by atoms with Crippen LogP contribution in [0.1, 0.15) is 18.2 Å². The molecule has 21 heavy (non-hydrogen) atoms. The van der Waals surface area contributed by atoms with Gasteiger partial charge in [0.05, 0.1) is 12.2 Å². The summed E-state index contributed by atoms with van der Waals surface area (Å²) >= 11 is 5.96. The summed E-state index contributed by atoms with van der Waals surface area (Å²) < 4.78 is 40.1. The predicted molar refractivity (Wildman–Crippen MR) is 66.5 cm³/mol. The third-order valence-electron chi connectivity index (χ3n) is 3.43. The Morgan fingerprint density at radius 3 is 2.33 bits per heavy atom. The van der Waals surface area contributed by atoms with Crippen molar-refractivity contribution in [2.75, 3.05) is 0 Å². The number of aromatic nitrogens is 2. The first kappa shape index (κ1) is 15.6. The van der Waals surface area contributed by atoms with Gasteiger partial charge in [0.25, 0.3) is 5.91 Å². The van der Waals surface area contributed by atoms with Gasteiger partial charge in [0.15, 0.2) is 0 Å². The number of carbonyl (C=O) groups is 2. The second-order valence-electron chi connectivity index (χ2n) is 4.92. The first-order chi connectivity index (χ1) is 9.49. The molecule has 0 aromatic carbocycles. The Morgan fingerprint density at radius 1 is 1.38 bits per heavy atom. The lowest BCUT2D eigenvalue weighted by atomic mass is 10.0. The predicted octanol–water partition coefficient (Wildman–Crippen LogP) is 1.75. The molecule has 6 nitrogen and oxygen atoms in total. The van der Waals surface area contributed by atoms with Crippen molar-refractivity contribution in [2.45, 2.75) is 32.1 Å². The molecule has 0 bridgehead atoms. The number of hydrogen-bond donors (Lipinski definition) is 1. The Balaban J connectivity index is 2.34. The van der Waals surface area contributed by atoms with Crippen LogP contribution in [0.15, 0.2) is 0 Å². The van der Waals surface area contributed by atoms with Crippen LogP contribution in [-0.2, 0) is 18.4 Å².